The monoisotopic (exact) mass is 215 g/mol. The Balaban J connectivity index is 3.01. The molecule has 0 heterocycles. The molecule has 0 spiro atoms. The molecule has 0 saturated carbocycles. The average molecular weight is 215 g/mol. The number of ketones is 1. The molecular weight excluding hydrogens is 198 g/mol. The van der Waals surface area contributed by atoms with Gasteiger partial charge in [0, 0.05) is 6.42 Å². The number of carbonyl (C=O) groups is 1. The molecule has 1 unspecified atom stereocenters. The Morgan fingerprint density at radius 2 is 2.06 bits per heavy atom. The molecule has 16 heavy (non-hydrogen) atoms. The van der Waals surface area contributed by atoms with E-state index >= 15 is 0 Å². The van der Waals surface area contributed by atoms with Gasteiger partial charge < -0.3 is 0 Å². The molecule has 2 heteroatoms. The van der Waals surface area contributed by atoms with Crippen molar-refractivity contribution in [2.24, 2.45) is 0 Å². The highest BCUT2D eigenvalue weighted by Gasteiger charge is 2.19. The van der Waals surface area contributed by atoms with Crippen molar-refractivity contribution in [1.29, 1.82) is 5.26 Å². The summed E-state index contributed by atoms with van der Waals surface area (Å²) in [5.41, 5.74) is 3.13. The van der Waals surface area contributed by atoms with Crippen molar-refractivity contribution in [1.82, 2.24) is 0 Å². The van der Waals surface area contributed by atoms with Gasteiger partial charge in [0.1, 0.15) is 5.92 Å². The SMILES string of the molecule is CCCC(=O)C(C#N)c1ccc(C)c(C)c1. The lowest BCUT2D eigenvalue weighted by Crippen LogP contribution is -2.10. The molecule has 1 aromatic rings. The second-order valence-electron chi connectivity index (χ2n) is 4.12. The van der Waals surface area contributed by atoms with Crippen LogP contribution in [-0.4, -0.2) is 5.78 Å². The molecule has 84 valence electrons. The molecule has 0 aliphatic carbocycles. The second-order valence-corrected chi connectivity index (χ2v) is 4.12. The Kier molecular flexibility index (Phi) is 4.25. The fourth-order valence-corrected chi connectivity index (χ4v) is 1.67. The van der Waals surface area contributed by atoms with Gasteiger partial charge in [-0.05, 0) is 37.0 Å². The molecule has 1 rings (SSSR count). The Morgan fingerprint density at radius 1 is 1.38 bits per heavy atom. The highest BCUT2D eigenvalue weighted by Crippen LogP contribution is 2.21. The third-order valence-electron chi connectivity index (χ3n) is 2.81. The van der Waals surface area contributed by atoms with Crippen molar-refractivity contribution in [3.05, 3.63) is 34.9 Å². The molecule has 0 saturated heterocycles. The third kappa shape index (κ3) is 2.70. The smallest absolute Gasteiger partial charge is 0.154 e. The van der Waals surface area contributed by atoms with Crippen LogP contribution in [0.25, 0.3) is 0 Å². The minimum Gasteiger partial charge on any atom is -0.298 e. The maximum Gasteiger partial charge on any atom is 0.154 e. The number of Topliss-reactive ketones (excluding diaryl/α,β-unsaturated/α-hetero) is 1. The first-order chi connectivity index (χ1) is 7.60. The van der Waals surface area contributed by atoms with Gasteiger partial charge in [0.25, 0.3) is 0 Å². The predicted molar refractivity (Wildman–Crippen MR) is 64.2 cm³/mol. The molecule has 2 nitrogen and oxygen atoms in total. The molecule has 0 bridgehead atoms. The number of hydrogen-bond donors (Lipinski definition) is 0. The van der Waals surface area contributed by atoms with Crippen molar-refractivity contribution >= 4 is 5.78 Å². The number of carbonyl (C=O) groups excluding carboxylic acids is 1. The summed E-state index contributed by atoms with van der Waals surface area (Å²) < 4.78 is 0. The van der Waals surface area contributed by atoms with Crippen LogP contribution in [0.2, 0.25) is 0 Å². The largest absolute Gasteiger partial charge is 0.298 e. The van der Waals surface area contributed by atoms with E-state index in [0.717, 1.165) is 17.5 Å². The highest BCUT2D eigenvalue weighted by molar-refractivity contribution is 5.88. The number of aryl methyl sites for hydroxylation is 2. The molecule has 0 aliphatic heterocycles. The standard InChI is InChI=1S/C14H17NO/c1-4-5-14(16)13(9-15)12-7-6-10(2)11(3)8-12/h6-8,13H,4-5H2,1-3H3. The number of nitrogens with zero attached hydrogens (tertiary/aromatic N) is 1. The summed E-state index contributed by atoms with van der Waals surface area (Å²) in [6, 6.07) is 7.89. The Bertz CT molecular complexity index is 429. The highest BCUT2D eigenvalue weighted by atomic mass is 16.1. The number of hydrogen-bond acceptors (Lipinski definition) is 2. The lowest BCUT2D eigenvalue weighted by molar-refractivity contribution is -0.119. The van der Waals surface area contributed by atoms with Gasteiger partial charge >= 0.3 is 0 Å². The molecule has 1 atom stereocenters. The van der Waals surface area contributed by atoms with Crippen LogP contribution in [-0.2, 0) is 4.79 Å². The van der Waals surface area contributed by atoms with Crippen molar-refractivity contribution in [3.8, 4) is 6.07 Å². The summed E-state index contributed by atoms with van der Waals surface area (Å²) in [7, 11) is 0. The molecular formula is C14H17NO. The lowest BCUT2D eigenvalue weighted by atomic mass is 9.91. The van der Waals surface area contributed by atoms with E-state index in [1.165, 1.54) is 5.56 Å². The van der Waals surface area contributed by atoms with Crippen molar-refractivity contribution in [3.63, 3.8) is 0 Å². The van der Waals surface area contributed by atoms with E-state index in [2.05, 4.69) is 6.07 Å². The Hall–Kier alpha value is -1.62. The van der Waals surface area contributed by atoms with E-state index in [1.807, 2.05) is 39.0 Å². The van der Waals surface area contributed by atoms with E-state index in [-0.39, 0.29) is 5.78 Å². The molecule has 0 radical (unpaired) electrons. The fraction of sp³-hybridized carbons (Fsp3) is 0.429. The zero-order valence-corrected chi connectivity index (χ0v) is 10.1. The van der Waals surface area contributed by atoms with Crippen LogP contribution in [0.15, 0.2) is 18.2 Å². The van der Waals surface area contributed by atoms with Crippen molar-refractivity contribution in [2.45, 2.75) is 39.5 Å². The Morgan fingerprint density at radius 3 is 2.56 bits per heavy atom. The summed E-state index contributed by atoms with van der Waals surface area (Å²) >= 11 is 0. The molecule has 0 aromatic heterocycles. The van der Waals surface area contributed by atoms with E-state index in [4.69, 9.17) is 5.26 Å². The van der Waals surface area contributed by atoms with Crippen molar-refractivity contribution in [2.75, 3.05) is 0 Å². The van der Waals surface area contributed by atoms with Gasteiger partial charge in [0.2, 0.25) is 0 Å². The normalized spacial score (nSPS) is 11.9. The first-order valence-electron chi connectivity index (χ1n) is 5.59. The van der Waals surface area contributed by atoms with Crippen LogP contribution >= 0.6 is 0 Å². The lowest BCUT2D eigenvalue weighted by Gasteiger charge is -2.10. The summed E-state index contributed by atoms with van der Waals surface area (Å²) in [4.78, 5) is 11.7. The minimum atomic E-state index is -0.598. The summed E-state index contributed by atoms with van der Waals surface area (Å²) in [5, 5.41) is 9.07. The quantitative estimate of drug-likeness (QED) is 0.773. The van der Waals surface area contributed by atoms with Gasteiger partial charge in [0.05, 0.1) is 6.07 Å². The zero-order chi connectivity index (χ0) is 12.1. The van der Waals surface area contributed by atoms with Gasteiger partial charge in [-0.2, -0.15) is 5.26 Å². The van der Waals surface area contributed by atoms with E-state index in [9.17, 15) is 4.79 Å². The summed E-state index contributed by atoms with van der Waals surface area (Å²) in [6.07, 6.45) is 1.27. The van der Waals surface area contributed by atoms with Crippen molar-refractivity contribution < 1.29 is 4.79 Å². The van der Waals surface area contributed by atoms with E-state index in [1.54, 1.807) is 0 Å². The maximum atomic E-state index is 11.7. The molecule has 1 aromatic carbocycles. The third-order valence-corrected chi connectivity index (χ3v) is 2.81. The van der Waals surface area contributed by atoms with Gasteiger partial charge in [0.15, 0.2) is 5.78 Å². The van der Waals surface area contributed by atoms with Crippen LogP contribution in [0.5, 0.6) is 0 Å². The predicted octanol–water partition coefficient (Wildman–Crippen LogP) is 3.28. The molecule has 0 aliphatic rings. The zero-order valence-electron chi connectivity index (χ0n) is 10.1. The van der Waals surface area contributed by atoms with Gasteiger partial charge in [-0.1, -0.05) is 25.1 Å². The molecule has 0 N–H and O–H groups in total. The van der Waals surface area contributed by atoms with E-state index < -0.39 is 5.92 Å². The number of benzene rings is 1. The van der Waals surface area contributed by atoms with Crippen LogP contribution in [0.1, 0.15) is 42.4 Å². The molecule has 0 fully saturated rings. The topological polar surface area (TPSA) is 40.9 Å². The minimum absolute atomic E-state index is 0.0215. The maximum absolute atomic E-state index is 11.7. The fourth-order valence-electron chi connectivity index (χ4n) is 1.67. The van der Waals surface area contributed by atoms with Gasteiger partial charge in [-0.25, -0.2) is 0 Å². The van der Waals surface area contributed by atoms with Crippen LogP contribution in [0.4, 0.5) is 0 Å². The van der Waals surface area contributed by atoms with Crippen LogP contribution in [0, 0.1) is 25.2 Å². The first-order valence-corrected chi connectivity index (χ1v) is 5.59. The van der Waals surface area contributed by atoms with Gasteiger partial charge in [-0.3, -0.25) is 4.79 Å². The second kappa shape index (κ2) is 5.46. The molecule has 0 amide bonds. The average Bonchev–Trinajstić information content (AvgIpc) is 2.25. The van der Waals surface area contributed by atoms with Crippen LogP contribution < -0.4 is 0 Å². The summed E-state index contributed by atoms with van der Waals surface area (Å²) in [5.74, 6) is -0.576. The number of rotatable bonds is 4. The first kappa shape index (κ1) is 12.4. The summed E-state index contributed by atoms with van der Waals surface area (Å²) in [6.45, 7) is 5.97. The van der Waals surface area contributed by atoms with E-state index in [0.29, 0.717) is 6.42 Å². The Labute approximate surface area is 96.9 Å². The number of nitriles is 1. The van der Waals surface area contributed by atoms with Crippen LogP contribution in [0.3, 0.4) is 0 Å². The van der Waals surface area contributed by atoms with Gasteiger partial charge in [-0.15, -0.1) is 0 Å².